The SMILES string of the molecule is Nc1cc(C(F)(F)F)ccc1-n1nnnc1C1CCCC1. The van der Waals surface area contributed by atoms with Gasteiger partial charge in [0.1, 0.15) is 0 Å². The standard InChI is InChI=1S/C13H14F3N5/c14-13(15,16)9-5-6-11(10(17)7-9)21-12(18-19-20-21)8-3-1-2-4-8/h5-8H,1-4,17H2. The second-order valence-electron chi connectivity index (χ2n) is 5.20. The second kappa shape index (κ2) is 5.01. The lowest BCUT2D eigenvalue weighted by atomic mass is 10.1. The predicted molar refractivity (Wildman–Crippen MR) is 69.8 cm³/mol. The molecule has 1 aromatic carbocycles. The van der Waals surface area contributed by atoms with Gasteiger partial charge in [-0.1, -0.05) is 12.8 Å². The molecule has 0 amide bonds. The molecule has 0 unspecified atom stereocenters. The summed E-state index contributed by atoms with van der Waals surface area (Å²) in [5.74, 6) is 0.903. The van der Waals surface area contributed by atoms with Crippen molar-refractivity contribution in [1.29, 1.82) is 0 Å². The van der Waals surface area contributed by atoms with Gasteiger partial charge in [-0.2, -0.15) is 17.9 Å². The van der Waals surface area contributed by atoms with Crippen LogP contribution < -0.4 is 5.73 Å². The Bertz CT molecular complexity index is 643. The van der Waals surface area contributed by atoms with Gasteiger partial charge >= 0.3 is 6.18 Å². The number of aromatic nitrogens is 4. The first-order chi connectivity index (χ1) is 9.97. The average Bonchev–Trinajstić information content (AvgIpc) is 3.08. The smallest absolute Gasteiger partial charge is 0.397 e. The lowest BCUT2D eigenvalue weighted by Gasteiger charge is -2.13. The van der Waals surface area contributed by atoms with Crippen molar-refractivity contribution in [2.24, 2.45) is 0 Å². The molecule has 0 aliphatic heterocycles. The highest BCUT2D eigenvalue weighted by atomic mass is 19.4. The van der Waals surface area contributed by atoms with E-state index in [2.05, 4.69) is 15.5 Å². The van der Waals surface area contributed by atoms with Crippen molar-refractivity contribution in [1.82, 2.24) is 20.2 Å². The molecule has 2 aromatic rings. The van der Waals surface area contributed by atoms with E-state index in [4.69, 9.17) is 5.73 Å². The van der Waals surface area contributed by atoms with E-state index in [0.29, 0.717) is 11.5 Å². The Labute approximate surface area is 118 Å². The summed E-state index contributed by atoms with van der Waals surface area (Å²) in [5, 5.41) is 11.5. The molecule has 0 spiro atoms. The molecule has 0 saturated heterocycles. The van der Waals surface area contributed by atoms with Gasteiger partial charge < -0.3 is 5.73 Å². The predicted octanol–water partition coefficient (Wildman–Crippen LogP) is 2.92. The summed E-state index contributed by atoms with van der Waals surface area (Å²) in [6.45, 7) is 0. The molecule has 0 radical (unpaired) electrons. The zero-order valence-electron chi connectivity index (χ0n) is 11.1. The van der Waals surface area contributed by atoms with E-state index < -0.39 is 11.7 Å². The fourth-order valence-corrected chi connectivity index (χ4v) is 2.73. The molecule has 0 bridgehead atoms. The van der Waals surface area contributed by atoms with Crippen LogP contribution in [0.4, 0.5) is 18.9 Å². The van der Waals surface area contributed by atoms with Crippen LogP contribution in [0.15, 0.2) is 18.2 Å². The molecule has 5 nitrogen and oxygen atoms in total. The minimum Gasteiger partial charge on any atom is -0.397 e. The highest BCUT2D eigenvalue weighted by Crippen LogP contribution is 2.35. The highest BCUT2D eigenvalue weighted by Gasteiger charge is 2.31. The van der Waals surface area contributed by atoms with Crippen molar-refractivity contribution < 1.29 is 13.2 Å². The van der Waals surface area contributed by atoms with Crippen molar-refractivity contribution in [3.8, 4) is 5.69 Å². The van der Waals surface area contributed by atoms with Gasteiger partial charge in [-0.3, -0.25) is 0 Å². The third-order valence-electron chi connectivity index (χ3n) is 3.80. The molecule has 1 saturated carbocycles. The number of alkyl halides is 3. The van der Waals surface area contributed by atoms with Crippen molar-refractivity contribution in [3.63, 3.8) is 0 Å². The van der Waals surface area contributed by atoms with Crippen molar-refractivity contribution in [2.45, 2.75) is 37.8 Å². The maximum Gasteiger partial charge on any atom is 0.416 e. The van der Waals surface area contributed by atoms with Crippen LogP contribution in [0.25, 0.3) is 5.69 Å². The molecule has 2 N–H and O–H groups in total. The summed E-state index contributed by atoms with van der Waals surface area (Å²) in [6.07, 6.45) is -0.219. The van der Waals surface area contributed by atoms with Crippen LogP contribution in [0.2, 0.25) is 0 Å². The normalized spacial score (nSPS) is 16.5. The lowest BCUT2D eigenvalue weighted by molar-refractivity contribution is -0.137. The number of nitrogen functional groups attached to an aromatic ring is 1. The summed E-state index contributed by atoms with van der Waals surface area (Å²) in [5.41, 5.74) is 5.38. The molecule has 1 fully saturated rings. The minimum absolute atomic E-state index is 0.0105. The maximum absolute atomic E-state index is 12.7. The number of tetrazole rings is 1. The zero-order chi connectivity index (χ0) is 15.0. The molecule has 1 aliphatic carbocycles. The number of hydrogen-bond donors (Lipinski definition) is 1. The van der Waals surface area contributed by atoms with Crippen molar-refractivity contribution in [3.05, 3.63) is 29.6 Å². The Morgan fingerprint density at radius 1 is 1.19 bits per heavy atom. The number of nitrogens with zero attached hydrogens (tertiary/aromatic N) is 4. The van der Waals surface area contributed by atoms with Gasteiger partial charge in [0.15, 0.2) is 5.82 Å². The summed E-state index contributed by atoms with van der Waals surface area (Å²) in [4.78, 5) is 0. The van der Waals surface area contributed by atoms with Gasteiger partial charge in [-0.05, 0) is 41.5 Å². The van der Waals surface area contributed by atoms with Gasteiger partial charge in [0.2, 0.25) is 0 Å². The molecule has 8 heteroatoms. The third-order valence-corrected chi connectivity index (χ3v) is 3.80. The average molecular weight is 297 g/mol. The van der Waals surface area contributed by atoms with Gasteiger partial charge in [-0.15, -0.1) is 5.10 Å². The van der Waals surface area contributed by atoms with E-state index in [0.717, 1.165) is 37.8 Å². The summed E-state index contributed by atoms with van der Waals surface area (Å²) in [7, 11) is 0. The number of hydrogen-bond acceptors (Lipinski definition) is 4. The number of nitrogens with two attached hydrogens (primary N) is 1. The van der Waals surface area contributed by atoms with Gasteiger partial charge in [0, 0.05) is 5.92 Å². The minimum atomic E-state index is -4.42. The van der Waals surface area contributed by atoms with Gasteiger partial charge in [-0.25, -0.2) is 0 Å². The molecule has 1 aromatic heterocycles. The van der Waals surface area contributed by atoms with E-state index in [9.17, 15) is 13.2 Å². The lowest BCUT2D eigenvalue weighted by Crippen LogP contribution is -2.11. The van der Waals surface area contributed by atoms with E-state index in [1.807, 2.05) is 0 Å². The van der Waals surface area contributed by atoms with Gasteiger partial charge in [0.25, 0.3) is 0 Å². The van der Waals surface area contributed by atoms with Crippen LogP contribution in [0, 0.1) is 0 Å². The van der Waals surface area contributed by atoms with E-state index in [1.54, 1.807) is 0 Å². The molecule has 1 heterocycles. The molecular weight excluding hydrogens is 283 g/mol. The fourth-order valence-electron chi connectivity index (χ4n) is 2.73. The van der Waals surface area contributed by atoms with Crippen LogP contribution in [-0.2, 0) is 6.18 Å². The van der Waals surface area contributed by atoms with Crippen LogP contribution in [-0.4, -0.2) is 20.2 Å². The number of anilines is 1. The fraction of sp³-hybridized carbons (Fsp3) is 0.462. The quantitative estimate of drug-likeness (QED) is 0.865. The topological polar surface area (TPSA) is 69.6 Å². The zero-order valence-corrected chi connectivity index (χ0v) is 11.1. The van der Waals surface area contributed by atoms with Gasteiger partial charge in [0.05, 0.1) is 16.9 Å². The Morgan fingerprint density at radius 3 is 2.52 bits per heavy atom. The molecule has 3 rings (SSSR count). The molecule has 0 atom stereocenters. The van der Waals surface area contributed by atoms with E-state index in [1.165, 1.54) is 10.7 Å². The second-order valence-corrected chi connectivity index (χ2v) is 5.20. The van der Waals surface area contributed by atoms with Crippen molar-refractivity contribution >= 4 is 5.69 Å². The molecule has 1 aliphatic rings. The monoisotopic (exact) mass is 297 g/mol. The van der Waals surface area contributed by atoms with E-state index in [-0.39, 0.29) is 11.6 Å². The number of halogens is 3. The summed E-state index contributed by atoms with van der Waals surface area (Å²) >= 11 is 0. The molecule has 112 valence electrons. The van der Waals surface area contributed by atoms with Crippen LogP contribution in [0.1, 0.15) is 43.0 Å². The van der Waals surface area contributed by atoms with Crippen LogP contribution >= 0.6 is 0 Å². The summed E-state index contributed by atoms with van der Waals surface area (Å²) in [6, 6.07) is 3.22. The summed E-state index contributed by atoms with van der Waals surface area (Å²) < 4.78 is 39.4. The largest absolute Gasteiger partial charge is 0.416 e. The number of rotatable bonds is 2. The molecule has 21 heavy (non-hydrogen) atoms. The van der Waals surface area contributed by atoms with Crippen LogP contribution in [0.3, 0.4) is 0 Å². The number of benzene rings is 1. The highest BCUT2D eigenvalue weighted by molar-refractivity contribution is 5.59. The first-order valence-electron chi connectivity index (χ1n) is 6.72. The third kappa shape index (κ3) is 2.57. The van der Waals surface area contributed by atoms with E-state index >= 15 is 0 Å². The first kappa shape index (κ1) is 13.8. The Morgan fingerprint density at radius 2 is 1.90 bits per heavy atom. The van der Waals surface area contributed by atoms with Crippen molar-refractivity contribution in [2.75, 3.05) is 5.73 Å². The maximum atomic E-state index is 12.7. The Balaban J connectivity index is 2.00. The van der Waals surface area contributed by atoms with Crippen LogP contribution in [0.5, 0.6) is 0 Å². The first-order valence-corrected chi connectivity index (χ1v) is 6.72. The Hall–Kier alpha value is -2.12. The Kier molecular flexibility index (Phi) is 3.30. The molecular formula is C13H14F3N5.